The highest BCUT2D eigenvalue weighted by molar-refractivity contribution is 7.99. The standard InChI is InChI=1S/C12H17N3O2S/c13-9-3-4-12(15-6-9)18-8-11(16)14-7-10-2-1-5-17-10/h3-4,6,10H,1-2,5,7-8,13H2,(H,14,16). The van der Waals surface area contributed by atoms with Crippen LogP contribution in [0.2, 0.25) is 0 Å². The number of ether oxygens (including phenoxy) is 1. The average molecular weight is 267 g/mol. The summed E-state index contributed by atoms with van der Waals surface area (Å²) in [5.74, 6) is 0.373. The summed E-state index contributed by atoms with van der Waals surface area (Å²) in [6.45, 7) is 1.42. The van der Waals surface area contributed by atoms with Crippen LogP contribution in [0.5, 0.6) is 0 Å². The molecule has 0 radical (unpaired) electrons. The van der Waals surface area contributed by atoms with Gasteiger partial charge in [-0.3, -0.25) is 4.79 Å². The zero-order valence-corrected chi connectivity index (χ0v) is 10.9. The van der Waals surface area contributed by atoms with Crippen LogP contribution in [0, 0.1) is 0 Å². The number of hydrogen-bond acceptors (Lipinski definition) is 5. The molecule has 1 aliphatic heterocycles. The van der Waals surface area contributed by atoms with Crippen LogP contribution in [0.1, 0.15) is 12.8 Å². The Kier molecular flexibility index (Phi) is 4.83. The first kappa shape index (κ1) is 13.2. The number of anilines is 1. The Bertz CT molecular complexity index is 391. The van der Waals surface area contributed by atoms with Crippen LogP contribution >= 0.6 is 11.8 Å². The van der Waals surface area contributed by atoms with Crippen molar-refractivity contribution in [3.63, 3.8) is 0 Å². The molecule has 6 heteroatoms. The second-order valence-corrected chi connectivity index (χ2v) is 5.15. The van der Waals surface area contributed by atoms with Gasteiger partial charge in [-0.15, -0.1) is 0 Å². The average Bonchev–Trinajstić information content (AvgIpc) is 2.89. The second kappa shape index (κ2) is 6.61. The summed E-state index contributed by atoms with van der Waals surface area (Å²) in [6, 6.07) is 3.59. The number of carbonyl (C=O) groups is 1. The lowest BCUT2D eigenvalue weighted by Crippen LogP contribution is -2.32. The summed E-state index contributed by atoms with van der Waals surface area (Å²) in [5, 5.41) is 3.67. The smallest absolute Gasteiger partial charge is 0.230 e. The van der Waals surface area contributed by atoms with Crippen molar-refractivity contribution in [2.24, 2.45) is 0 Å². The lowest BCUT2D eigenvalue weighted by Gasteiger charge is -2.10. The Morgan fingerprint density at radius 3 is 3.17 bits per heavy atom. The van der Waals surface area contributed by atoms with Gasteiger partial charge < -0.3 is 15.8 Å². The number of aromatic nitrogens is 1. The molecule has 18 heavy (non-hydrogen) atoms. The predicted molar refractivity (Wildman–Crippen MR) is 71.4 cm³/mol. The normalized spacial score (nSPS) is 18.8. The maximum absolute atomic E-state index is 11.6. The van der Waals surface area contributed by atoms with Crippen LogP contribution in [-0.2, 0) is 9.53 Å². The molecular weight excluding hydrogens is 250 g/mol. The number of thioether (sulfide) groups is 1. The first-order chi connectivity index (χ1) is 8.74. The number of nitrogens with two attached hydrogens (primary N) is 1. The fourth-order valence-electron chi connectivity index (χ4n) is 1.70. The molecule has 2 heterocycles. The molecule has 0 aromatic carbocycles. The van der Waals surface area contributed by atoms with Crippen molar-refractivity contribution in [1.29, 1.82) is 0 Å². The third-order valence-electron chi connectivity index (χ3n) is 2.66. The number of pyridine rings is 1. The molecule has 1 saturated heterocycles. The first-order valence-electron chi connectivity index (χ1n) is 5.96. The molecule has 3 N–H and O–H groups in total. The van der Waals surface area contributed by atoms with Gasteiger partial charge in [-0.25, -0.2) is 4.98 Å². The van der Waals surface area contributed by atoms with Gasteiger partial charge in [0, 0.05) is 13.2 Å². The highest BCUT2D eigenvalue weighted by Gasteiger charge is 2.16. The van der Waals surface area contributed by atoms with Crippen molar-refractivity contribution in [3.05, 3.63) is 18.3 Å². The van der Waals surface area contributed by atoms with Gasteiger partial charge in [-0.2, -0.15) is 0 Å². The quantitative estimate of drug-likeness (QED) is 0.780. The van der Waals surface area contributed by atoms with E-state index in [9.17, 15) is 4.79 Å². The number of nitrogens with one attached hydrogen (secondary N) is 1. The maximum atomic E-state index is 11.6. The molecule has 1 unspecified atom stereocenters. The number of carbonyl (C=O) groups excluding carboxylic acids is 1. The third-order valence-corrected chi connectivity index (χ3v) is 3.61. The number of nitrogen functional groups attached to an aromatic ring is 1. The molecule has 1 atom stereocenters. The Morgan fingerprint density at radius 2 is 2.50 bits per heavy atom. The van der Waals surface area contributed by atoms with Crippen molar-refractivity contribution in [2.75, 3.05) is 24.6 Å². The van der Waals surface area contributed by atoms with E-state index in [-0.39, 0.29) is 12.0 Å². The summed E-state index contributed by atoms with van der Waals surface area (Å²) in [4.78, 5) is 15.7. The molecule has 1 aliphatic rings. The Hall–Kier alpha value is -1.27. The van der Waals surface area contributed by atoms with Crippen molar-refractivity contribution >= 4 is 23.4 Å². The van der Waals surface area contributed by atoms with Crippen LogP contribution in [-0.4, -0.2) is 35.9 Å². The van der Waals surface area contributed by atoms with Gasteiger partial charge in [-0.1, -0.05) is 11.8 Å². The molecule has 0 spiro atoms. The second-order valence-electron chi connectivity index (χ2n) is 4.16. The molecule has 1 aromatic heterocycles. The third kappa shape index (κ3) is 4.19. The Morgan fingerprint density at radius 1 is 1.61 bits per heavy atom. The molecule has 1 amide bonds. The lowest BCUT2D eigenvalue weighted by molar-refractivity contribution is -0.119. The van der Waals surface area contributed by atoms with E-state index in [0.717, 1.165) is 24.5 Å². The maximum Gasteiger partial charge on any atom is 0.230 e. The summed E-state index contributed by atoms with van der Waals surface area (Å²) < 4.78 is 5.43. The van der Waals surface area contributed by atoms with Crippen molar-refractivity contribution in [3.8, 4) is 0 Å². The van der Waals surface area contributed by atoms with E-state index in [1.165, 1.54) is 11.8 Å². The number of nitrogens with zero attached hydrogens (tertiary/aromatic N) is 1. The molecule has 5 nitrogen and oxygen atoms in total. The van der Waals surface area contributed by atoms with E-state index in [1.54, 1.807) is 12.3 Å². The van der Waals surface area contributed by atoms with E-state index in [2.05, 4.69) is 10.3 Å². The van der Waals surface area contributed by atoms with Gasteiger partial charge in [0.05, 0.1) is 28.8 Å². The monoisotopic (exact) mass is 267 g/mol. The van der Waals surface area contributed by atoms with Crippen molar-refractivity contribution < 1.29 is 9.53 Å². The van der Waals surface area contributed by atoms with Crippen LogP contribution < -0.4 is 11.1 Å². The van der Waals surface area contributed by atoms with Crippen LogP contribution in [0.25, 0.3) is 0 Å². The molecule has 98 valence electrons. The largest absolute Gasteiger partial charge is 0.397 e. The van der Waals surface area contributed by atoms with Gasteiger partial charge in [0.15, 0.2) is 0 Å². The molecule has 0 saturated carbocycles. The zero-order chi connectivity index (χ0) is 12.8. The number of rotatable bonds is 5. The summed E-state index contributed by atoms with van der Waals surface area (Å²) >= 11 is 1.40. The van der Waals surface area contributed by atoms with E-state index in [4.69, 9.17) is 10.5 Å². The highest BCUT2D eigenvalue weighted by Crippen LogP contribution is 2.15. The zero-order valence-electron chi connectivity index (χ0n) is 10.1. The fourth-order valence-corrected chi connectivity index (χ4v) is 2.37. The van der Waals surface area contributed by atoms with Gasteiger partial charge in [-0.05, 0) is 25.0 Å². The fraction of sp³-hybridized carbons (Fsp3) is 0.500. The summed E-state index contributed by atoms with van der Waals surface area (Å²) in [7, 11) is 0. The van der Waals surface area contributed by atoms with Gasteiger partial charge in [0.1, 0.15) is 0 Å². The Balaban J connectivity index is 1.66. The number of hydrogen-bond donors (Lipinski definition) is 2. The van der Waals surface area contributed by atoms with E-state index < -0.39 is 0 Å². The van der Waals surface area contributed by atoms with E-state index >= 15 is 0 Å². The van der Waals surface area contributed by atoms with Crippen molar-refractivity contribution in [1.82, 2.24) is 10.3 Å². The van der Waals surface area contributed by atoms with Crippen LogP contribution in [0.3, 0.4) is 0 Å². The topological polar surface area (TPSA) is 77.2 Å². The van der Waals surface area contributed by atoms with E-state index in [0.29, 0.717) is 18.0 Å². The van der Waals surface area contributed by atoms with Gasteiger partial charge >= 0.3 is 0 Å². The summed E-state index contributed by atoms with van der Waals surface area (Å²) in [5.41, 5.74) is 6.16. The minimum Gasteiger partial charge on any atom is -0.397 e. The van der Waals surface area contributed by atoms with E-state index in [1.807, 2.05) is 6.07 Å². The van der Waals surface area contributed by atoms with Gasteiger partial charge in [0.2, 0.25) is 5.91 Å². The van der Waals surface area contributed by atoms with Crippen LogP contribution in [0.15, 0.2) is 23.4 Å². The molecule has 0 bridgehead atoms. The first-order valence-corrected chi connectivity index (χ1v) is 6.95. The van der Waals surface area contributed by atoms with Crippen LogP contribution in [0.4, 0.5) is 5.69 Å². The highest BCUT2D eigenvalue weighted by atomic mass is 32.2. The molecule has 1 aromatic rings. The molecular formula is C12H17N3O2S. The van der Waals surface area contributed by atoms with Gasteiger partial charge in [0.25, 0.3) is 0 Å². The van der Waals surface area contributed by atoms with Crippen molar-refractivity contribution in [2.45, 2.75) is 24.0 Å². The predicted octanol–water partition coefficient (Wildman–Crippen LogP) is 1.05. The number of amides is 1. The lowest BCUT2D eigenvalue weighted by atomic mass is 10.2. The molecule has 0 aliphatic carbocycles. The molecule has 2 rings (SSSR count). The molecule has 1 fully saturated rings. The minimum absolute atomic E-state index is 0.00845. The minimum atomic E-state index is 0.00845. The SMILES string of the molecule is Nc1ccc(SCC(=O)NCC2CCCO2)nc1. The summed E-state index contributed by atoms with van der Waals surface area (Å²) in [6.07, 6.45) is 3.90. The Labute approximate surface area is 110 Å².